The number of nitriles is 1. The quantitative estimate of drug-likeness (QED) is 0.688. The van der Waals surface area contributed by atoms with Gasteiger partial charge in [-0.25, -0.2) is 14.4 Å². The van der Waals surface area contributed by atoms with E-state index >= 15 is 0 Å². The van der Waals surface area contributed by atoms with Crippen LogP contribution in [0, 0.1) is 17.1 Å². The highest BCUT2D eigenvalue weighted by Crippen LogP contribution is 2.33. The summed E-state index contributed by atoms with van der Waals surface area (Å²) in [6.07, 6.45) is 3.85. The maximum atomic E-state index is 13.6. The second-order valence-corrected chi connectivity index (χ2v) is 6.87. The number of nitrogens with zero attached hydrogens (tertiary/aromatic N) is 3. The average Bonchev–Trinajstić information content (AvgIpc) is 3.11. The van der Waals surface area contributed by atoms with Gasteiger partial charge in [-0.2, -0.15) is 5.26 Å². The number of hydrogen-bond acceptors (Lipinski definition) is 5. The topological polar surface area (TPSA) is 66.6 Å². The molecule has 0 aliphatic heterocycles. The van der Waals surface area contributed by atoms with Crippen molar-refractivity contribution >= 4 is 17.1 Å². The number of aromatic nitrogens is 2. The van der Waals surface area contributed by atoms with Gasteiger partial charge in [0, 0.05) is 18.2 Å². The summed E-state index contributed by atoms with van der Waals surface area (Å²) in [5.74, 6) is -0.307. The SMILES string of the molecule is N#Cc1cc(F)cc(-c2cnc(-c3ccc4c(n3)CCCC4=O)s2)c1. The smallest absolute Gasteiger partial charge is 0.164 e. The first-order chi connectivity index (χ1) is 12.1. The van der Waals surface area contributed by atoms with Gasteiger partial charge in [0.15, 0.2) is 5.78 Å². The van der Waals surface area contributed by atoms with E-state index in [0.29, 0.717) is 28.2 Å². The third kappa shape index (κ3) is 2.94. The van der Waals surface area contributed by atoms with Crippen LogP contribution < -0.4 is 0 Å². The number of thiazole rings is 1. The molecule has 1 aliphatic carbocycles. The summed E-state index contributed by atoms with van der Waals surface area (Å²) >= 11 is 1.38. The Morgan fingerprint density at radius 3 is 2.92 bits per heavy atom. The van der Waals surface area contributed by atoms with E-state index in [9.17, 15) is 9.18 Å². The highest BCUT2D eigenvalue weighted by Gasteiger charge is 2.19. The molecule has 0 amide bonds. The Morgan fingerprint density at radius 1 is 1.20 bits per heavy atom. The number of hydrogen-bond donors (Lipinski definition) is 0. The van der Waals surface area contributed by atoms with Gasteiger partial charge in [-0.1, -0.05) is 0 Å². The van der Waals surface area contributed by atoms with Crippen LogP contribution in [-0.2, 0) is 6.42 Å². The van der Waals surface area contributed by atoms with Crippen molar-refractivity contribution in [3.05, 3.63) is 59.2 Å². The molecule has 0 N–H and O–H groups in total. The second-order valence-electron chi connectivity index (χ2n) is 5.84. The van der Waals surface area contributed by atoms with Gasteiger partial charge >= 0.3 is 0 Å². The van der Waals surface area contributed by atoms with Crippen molar-refractivity contribution < 1.29 is 9.18 Å². The lowest BCUT2D eigenvalue weighted by atomic mass is 9.94. The molecule has 0 saturated heterocycles. The fourth-order valence-corrected chi connectivity index (χ4v) is 3.81. The number of carbonyl (C=O) groups is 1. The number of pyridine rings is 1. The fourth-order valence-electron chi connectivity index (χ4n) is 2.94. The second kappa shape index (κ2) is 6.19. The third-order valence-corrected chi connectivity index (χ3v) is 5.20. The first-order valence-electron chi connectivity index (χ1n) is 7.84. The zero-order valence-electron chi connectivity index (χ0n) is 13.1. The molecule has 1 aromatic carbocycles. The monoisotopic (exact) mass is 349 g/mol. The maximum Gasteiger partial charge on any atom is 0.164 e. The lowest BCUT2D eigenvalue weighted by molar-refractivity contribution is 0.0971. The van der Waals surface area contributed by atoms with Crippen LogP contribution in [0.2, 0.25) is 0 Å². The van der Waals surface area contributed by atoms with Crippen LogP contribution in [0.1, 0.15) is 34.5 Å². The Labute approximate surface area is 147 Å². The van der Waals surface area contributed by atoms with Gasteiger partial charge in [0.2, 0.25) is 0 Å². The van der Waals surface area contributed by atoms with E-state index in [1.165, 1.54) is 23.5 Å². The molecule has 0 fully saturated rings. The molecule has 122 valence electrons. The molecule has 0 saturated carbocycles. The van der Waals surface area contributed by atoms with Gasteiger partial charge in [-0.3, -0.25) is 4.79 Å². The van der Waals surface area contributed by atoms with Crippen molar-refractivity contribution in [2.45, 2.75) is 19.3 Å². The number of halogens is 1. The van der Waals surface area contributed by atoms with E-state index in [1.54, 1.807) is 18.3 Å². The van der Waals surface area contributed by atoms with Crippen LogP contribution in [0.15, 0.2) is 36.5 Å². The van der Waals surface area contributed by atoms with E-state index in [-0.39, 0.29) is 11.3 Å². The standard InChI is InChI=1S/C19H12FN3OS/c20-13-7-11(9-21)6-12(8-13)18-10-22-19(25-18)16-5-4-14-15(23-16)2-1-3-17(14)24/h4-8,10H,1-3H2. The summed E-state index contributed by atoms with van der Waals surface area (Å²) in [7, 11) is 0. The fraction of sp³-hybridized carbons (Fsp3) is 0.158. The molecule has 0 atom stereocenters. The van der Waals surface area contributed by atoms with E-state index in [2.05, 4.69) is 9.97 Å². The van der Waals surface area contributed by atoms with Gasteiger partial charge in [-0.15, -0.1) is 11.3 Å². The largest absolute Gasteiger partial charge is 0.294 e. The minimum atomic E-state index is -0.450. The third-order valence-electron chi connectivity index (χ3n) is 4.13. The van der Waals surface area contributed by atoms with Gasteiger partial charge in [0.05, 0.1) is 27.9 Å². The average molecular weight is 349 g/mol. The normalized spacial score (nSPS) is 13.4. The summed E-state index contributed by atoms with van der Waals surface area (Å²) in [6, 6.07) is 9.80. The lowest BCUT2D eigenvalue weighted by Crippen LogP contribution is -2.12. The van der Waals surface area contributed by atoms with Crippen molar-refractivity contribution in [1.82, 2.24) is 9.97 Å². The van der Waals surface area contributed by atoms with E-state index in [4.69, 9.17) is 5.26 Å². The predicted molar refractivity (Wildman–Crippen MR) is 92.7 cm³/mol. The molecule has 0 bridgehead atoms. The van der Waals surface area contributed by atoms with Crippen LogP contribution in [0.4, 0.5) is 4.39 Å². The van der Waals surface area contributed by atoms with Crippen LogP contribution in [-0.4, -0.2) is 15.8 Å². The van der Waals surface area contributed by atoms with Crippen molar-refractivity contribution in [2.24, 2.45) is 0 Å². The number of fused-ring (bicyclic) bond motifs is 1. The zero-order chi connectivity index (χ0) is 17.4. The zero-order valence-corrected chi connectivity index (χ0v) is 13.9. The minimum absolute atomic E-state index is 0.143. The number of benzene rings is 1. The molecule has 0 unspecified atom stereocenters. The highest BCUT2D eigenvalue weighted by molar-refractivity contribution is 7.18. The molecule has 0 radical (unpaired) electrons. The number of rotatable bonds is 2. The molecule has 4 nitrogen and oxygen atoms in total. The first kappa shape index (κ1) is 15.6. The summed E-state index contributed by atoms with van der Waals surface area (Å²) in [4.78, 5) is 21.6. The van der Waals surface area contributed by atoms with Gasteiger partial charge in [0.25, 0.3) is 0 Å². The Morgan fingerprint density at radius 2 is 2.08 bits per heavy atom. The van der Waals surface area contributed by atoms with E-state index in [1.807, 2.05) is 12.1 Å². The van der Waals surface area contributed by atoms with Crippen LogP contribution in [0.3, 0.4) is 0 Å². The van der Waals surface area contributed by atoms with Crippen molar-refractivity contribution in [3.63, 3.8) is 0 Å². The Hall–Kier alpha value is -2.91. The summed E-state index contributed by atoms with van der Waals surface area (Å²) in [5, 5.41) is 9.69. The van der Waals surface area contributed by atoms with E-state index in [0.717, 1.165) is 23.4 Å². The Balaban J connectivity index is 1.72. The van der Waals surface area contributed by atoms with Crippen molar-refractivity contribution in [3.8, 4) is 27.2 Å². The van der Waals surface area contributed by atoms with Crippen LogP contribution in [0.5, 0.6) is 0 Å². The Bertz CT molecular complexity index is 1040. The first-order valence-corrected chi connectivity index (χ1v) is 8.66. The van der Waals surface area contributed by atoms with Crippen LogP contribution >= 0.6 is 11.3 Å². The predicted octanol–water partition coefficient (Wildman–Crippen LogP) is 4.40. The molecular weight excluding hydrogens is 337 g/mol. The number of carbonyl (C=O) groups excluding carboxylic acids is 1. The maximum absolute atomic E-state index is 13.6. The molecule has 25 heavy (non-hydrogen) atoms. The molecule has 3 aromatic rings. The molecule has 2 heterocycles. The summed E-state index contributed by atoms with van der Waals surface area (Å²) in [6.45, 7) is 0. The van der Waals surface area contributed by atoms with E-state index < -0.39 is 5.82 Å². The molecule has 0 spiro atoms. The number of aryl methyl sites for hydroxylation is 1. The molecule has 4 rings (SSSR count). The molecule has 2 aromatic heterocycles. The van der Waals surface area contributed by atoms with Gasteiger partial charge < -0.3 is 0 Å². The van der Waals surface area contributed by atoms with Gasteiger partial charge in [-0.05, 0) is 48.7 Å². The van der Waals surface area contributed by atoms with Gasteiger partial charge in [0.1, 0.15) is 10.8 Å². The number of ketones is 1. The minimum Gasteiger partial charge on any atom is -0.294 e. The van der Waals surface area contributed by atoms with Crippen molar-refractivity contribution in [1.29, 1.82) is 5.26 Å². The molecular formula is C19H12FN3OS. The lowest BCUT2D eigenvalue weighted by Gasteiger charge is -2.13. The summed E-state index contributed by atoms with van der Waals surface area (Å²) in [5.41, 5.74) is 3.13. The van der Waals surface area contributed by atoms with Crippen LogP contribution in [0.25, 0.3) is 21.1 Å². The molecule has 1 aliphatic rings. The summed E-state index contributed by atoms with van der Waals surface area (Å²) < 4.78 is 13.6. The highest BCUT2D eigenvalue weighted by atomic mass is 32.1. The number of Topliss-reactive ketones (excluding diaryl/α,β-unsaturated/α-hetero) is 1. The van der Waals surface area contributed by atoms with Crippen molar-refractivity contribution in [2.75, 3.05) is 0 Å². The molecule has 6 heteroatoms. The Kier molecular flexibility index (Phi) is 3.86.